The van der Waals surface area contributed by atoms with Crippen molar-refractivity contribution >= 4 is 21.5 Å². The molecular formula is C13H15N3O5S. The van der Waals surface area contributed by atoms with Gasteiger partial charge in [-0.15, -0.1) is 0 Å². The van der Waals surface area contributed by atoms with E-state index in [4.69, 9.17) is 4.52 Å². The molecule has 0 aliphatic rings. The molecule has 1 aromatic carbocycles. The van der Waals surface area contributed by atoms with E-state index in [9.17, 15) is 18.5 Å². The van der Waals surface area contributed by atoms with E-state index in [2.05, 4.69) is 9.88 Å². The number of nitro groups is 1. The summed E-state index contributed by atoms with van der Waals surface area (Å²) in [7, 11) is -3.98. The van der Waals surface area contributed by atoms with Crippen LogP contribution >= 0.6 is 0 Å². The summed E-state index contributed by atoms with van der Waals surface area (Å²) in [5, 5.41) is 14.4. The minimum Gasteiger partial charge on any atom is -0.359 e. The van der Waals surface area contributed by atoms with Crippen LogP contribution < -0.4 is 4.72 Å². The van der Waals surface area contributed by atoms with Crippen LogP contribution in [0.5, 0.6) is 0 Å². The third-order valence-electron chi connectivity index (χ3n) is 2.83. The van der Waals surface area contributed by atoms with Crippen LogP contribution in [-0.4, -0.2) is 18.5 Å². The van der Waals surface area contributed by atoms with E-state index in [0.29, 0.717) is 5.76 Å². The molecule has 0 atom stereocenters. The van der Waals surface area contributed by atoms with Gasteiger partial charge >= 0.3 is 0 Å². The van der Waals surface area contributed by atoms with Crippen molar-refractivity contribution in [3.05, 3.63) is 46.2 Å². The molecule has 0 spiro atoms. The highest BCUT2D eigenvalue weighted by atomic mass is 32.2. The van der Waals surface area contributed by atoms with Gasteiger partial charge in [0.15, 0.2) is 5.82 Å². The number of non-ortho nitro benzene ring substituents is 1. The molecule has 0 bridgehead atoms. The van der Waals surface area contributed by atoms with Crippen LogP contribution in [0.3, 0.4) is 0 Å². The van der Waals surface area contributed by atoms with E-state index in [1.165, 1.54) is 24.3 Å². The van der Waals surface area contributed by atoms with Crippen LogP contribution in [0, 0.1) is 10.1 Å². The lowest BCUT2D eigenvalue weighted by Gasteiger charge is -2.12. The van der Waals surface area contributed by atoms with E-state index < -0.39 is 14.9 Å². The molecule has 1 heterocycles. The van der Waals surface area contributed by atoms with Gasteiger partial charge in [-0.3, -0.25) is 14.8 Å². The van der Waals surface area contributed by atoms with Gasteiger partial charge in [-0.1, -0.05) is 32.0 Å². The number of nitrogens with one attached hydrogen (secondary N) is 1. The Bertz CT molecular complexity index is 805. The molecule has 2 aromatic rings. The predicted octanol–water partition coefficient (Wildman–Crippen LogP) is 2.68. The third kappa shape index (κ3) is 3.42. The fourth-order valence-corrected chi connectivity index (χ4v) is 2.66. The fraction of sp³-hybridized carbons (Fsp3) is 0.308. The number of hydrogen-bond acceptors (Lipinski definition) is 6. The van der Waals surface area contributed by atoms with Gasteiger partial charge in [0.2, 0.25) is 0 Å². The Balaban J connectivity index is 2.30. The third-order valence-corrected chi connectivity index (χ3v) is 4.18. The lowest BCUT2D eigenvalue weighted by atomic mass is 9.93. The van der Waals surface area contributed by atoms with Gasteiger partial charge in [0, 0.05) is 23.6 Å². The molecule has 1 N–H and O–H groups in total. The largest absolute Gasteiger partial charge is 0.359 e. The molecule has 0 saturated heterocycles. The number of anilines is 1. The molecule has 0 fully saturated rings. The average molecular weight is 325 g/mol. The van der Waals surface area contributed by atoms with Gasteiger partial charge in [0.1, 0.15) is 5.76 Å². The van der Waals surface area contributed by atoms with Crippen molar-refractivity contribution in [3.63, 3.8) is 0 Å². The van der Waals surface area contributed by atoms with Crippen LogP contribution in [0.25, 0.3) is 0 Å². The molecule has 9 heteroatoms. The maximum Gasteiger partial charge on any atom is 0.270 e. The minimum atomic E-state index is -3.98. The number of hydrogen-bond donors (Lipinski definition) is 1. The summed E-state index contributed by atoms with van der Waals surface area (Å²) in [6, 6.07) is 6.24. The Kier molecular flexibility index (Phi) is 3.92. The van der Waals surface area contributed by atoms with Crippen molar-refractivity contribution in [3.8, 4) is 0 Å². The Hall–Kier alpha value is -2.42. The van der Waals surface area contributed by atoms with E-state index in [1.807, 2.05) is 20.8 Å². The van der Waals surface area contributed by atoms with Crippen LogP contribution in [-0.2, 0) is 15.4 Å². The predicted molar refractivity (Wildman–Crippen MR) is 79.1 cm³/mol. The second kappa shape index (κ2) is 5.41. The molecule has 2 rings (SSSR count). The van der Waals surface area contributed by atoms with Crippen molar-refractivity contribution in [1.82, 2.24) is 5.16 Å². The highest BCUT2D eigenvalue weighted by Gasteiger charge is 2.23. The van der Waals surface area contributed by atoms with Gasteiger partial charge in [0.25, 0.3) is 15.7 Å². The molecule has 0 aliphatic heterocycles. The lowest BCUT2D eigenvalue weighted by Crippen LogP contribution is -2.13. The first-order valence-corrected chi connectivity index (χ1v) is 7.82. The molecule has 0 amide bonds. The second-order valence-corrected chi connectivity index (χ2v) is 7.37. The maximum absolute atomic E-state index is 12.2. The SMILES string of the molecule is CC(C)(C)c1cc(NS(=O)(=O)c2cccc([N+](=O)[O-])c2)no1. The Morgan fingerprint density at radius 3 is 2.50 bits per heavy atom. The van der Waals surface area contributed by atoms with Crippen molar-refractivity contribution < 1.29 is 17.9 Å². The van der Waals surface area contributed by atoms with Crippen LogP contribution in [0.1, 0.15) is 26.5 Å². The monoisotopic (exact) mass is 325 g/mol. The molecule has 22 heavy (non-hydrogen) atoms. The Morgan fingerprint density at radius 2 is 1.95 bits per heavy atom. The van der Waals surface area contributed by atoms with Gasteiger partial charge in [-0.05, 0) is 6.07 Å². The smallest absolute Gasteiger partial charge is 0.270 e. The zero-order valence-electron chi connectivity index (χ0n) is 12.2. The highest BCUT2D eigenvalue weighted by Crippen LogP contribution is 2.26. The highest BCUT2D eigenvalue weighted by molar-refractivity contribution is 7.92. The topological polar surface area (TPSA) is 115 Å². The number of sulfonamides is 1. The fourth-order valence-electron chi connectivity index (χ4n) is 1.64. The summed E-state index contributed by atoms with van der Waals surface area (Å²) in [6.07, 6.45) is 0. The molecule has 8 nitrogen and oxygen atoms in total. The molecule has 118 valence electrons. The van der Waals surface area contributed by atoms with Crippen molar-refractivity contribution in [2.75, 3.05) is 4.72 Å². The first kappa shape index (κ1) is 16.0. The van der Waals surface area contributed by atoms with Crippen molar-refractivity contribution in [1.29, 1.82) is 0 Å². The first-order chi connectivity index (χ1) is 10.1. The average Bonchev–Trinajstić information content (AvgIpc) is 2.86. The van der Waals surface area contributed by atoms with Crippen molar-refractivity contribution in [2.45, 2.75) is 31.1 Å². The quantitative estimate of drug-likeness (QED) is 0.682. The standard InChI is InChI=1S/C13H15N3O5S/c1-13(2,3)11-8-12(14-21-11)15-22(19,20)10-6-4-5-9(7-10)16(17)18/h4-8H,1-3H3,(H,14,15). The molecule has 0 unspecified atom stereocenters. The van der Waals surface area contributed by atoms with Gasteiger partial charge in [0.05, 0.1) is 9.82 Å². The lowest BCUT2D eigenvalue weighted by molar-refractivity contribution is -0.385. The Labute approximate surface area is 127 Å². The van der Waals surface area contributed by atoms with Gasteiger partial charge in [-0.25, -0.2) is 8.42 Å². The molecular weight excluding hydrogens is 310 g/mol. The van der Waals surface area contributed by atoms with E-state index in [-0.39, 0.29) is 21.8 Å². The second-order valence-electron chi connectivity index (χ2n) is 5.69. The number of aromatic nitrogens is 1. The summed E-state index contributed by atoms with van der Waals surface area (Å²) < 4.78 is 31.8. The molecule has 0 radical (unpaired) electrons. The number of nitrogens with zero attached hydrogens (tertiary/aromatic N) is 2. The normalized spacial score (nSPS) is 12.1. The number of nitro benzene ring substituents is 1. The molecule has 0 saturated carbocycles. The molecule has 1 aromatic heterocycles. The van der Waals surface area contributed by atoms with Gasteiger partial charge < -0.3 is 4.52 Å². The number of benzene rings is 1. The van der Waals surface area contributed by atoms with E-state index >= 15 is 0 Å². The minimum absolute atomic E-state index is 0.0245. The summed E-state index contributed by atoms with van der Waals surface area (Å²) in [4.78, 5) is 9.83. The molecule has 0 aliphatic carbocycles. The summed E-state index contributed by atoms with van der Waals surface area (Å²) in [5.41, 5.74) is -0.624. The summed E-state index contributed by atoms with van der Waals surface area (Å²) >= 11 is 0. The van der Waals surface area contributed by atoms with Crippen LogP contribution in [0.4, 0.5) is 11.5 Å². The summed E-state index contributed by atoms with van der Waals surface area (Å²) in [6.45, 7) is 5.69. The number of rotatable bonds is 4. The van der Waals surface area contributed by atoms with Crippen LogP contribution in [0.15, 0.2) is 39.8 Å². The van der Waals surface area contributed by atoms with E-state index in [0.717, 1.165) is 6.07 Å². The zero-order chi connectivity index (χ0) is 16.5. The maximum atomic E-state index is 12.2. The van der Waals surface area contributed by atoms with E-state index in [1.54, 1.807) is 0 Å². The Morgan fingerprint density at radius 1 is 1.27 bits per heavy atom. The van der Waals surface area contributed by atoms with Crippen molar-refractivity contribution in [2.24, 2.45) is 0 Å². The van der Waals surface area contributed by atoms with Crippen LogP contribution in [0.2, 0.25) is 0 Å². The first-order valence-electron chi connectivity index (χ1n) is 6.34. The summed E-state index contributed by atoms with van der Waals surface area (Å²) in [5.74, 6) is 0.542. The zero-order valence-corrected chi connectivity index (χ0v) is 13.0. The van der Waals surface area contributed by atoms with Gasteiger partial charge in [-0.2, -0.15) is 0 Å².